The van der Waals surface area contributed by atoms with Crippen molar-refractivity contribution >= 4 is 0 Å². The average molecular weight is 164 g/mol. The predicted molar refractivity (Wildman–Crippen MR) is 36.5 cm³/mol. The average Bonchev–Trinajstić information content (AvgIpc) is 1.82. The van der Waals surface area contributed by atoms with Gasteiger partial charge < -0.3 is 31.9 Å². The molecule has 0 heterocycles. The van der Waals surface area contributed by atoms with Crippen molar-refractivity contribution in [2.45, 2.75) is 19.0 Å². The van der Waals surface area contributed by atoms with Crippen LogP contribution >= 0.6 is 0 Å². The van der Waals surface area contributed by atoms with Gasteiger partial charge in [-0.15, -0.1) is 0 Å². The van der Waals surface area contributed by atoms with Crippen molar-refractivity contribution in [2.24, 2.45) is 11.5 Å². The van der Waals surface area contributed by atoms with Crippen LogP contribution < -0.4 is 11.5 Å². The van der Waals surface area contributed by atoms with Crippen molar-refractivity contribution in [1.82, 2.24) is 0 Å². The molecule has 0 spiro atoms. The fourth-order valence-corrected chi connectivity index (χ4v) is 0.448. The highest BCUT2D eigenvalue weighted by molar-refractivity contribution is 5.11. The van der Waals surface area contributed by atoms with Gasteiger partial charge in [0.05, 0.1) is 5.82 Å². The van der Waals surface area contributed by atoms with Crippen LogP contribution in [0.3, 0.4) is 0 Å². The molecule has 0 amide bonds. The van der Waals surface area contributed by atoms with Crippen LogP contribution in [0.5, 0.6) is 0 Å². The molecular weight excluding hydrogens is 152 g/mol. The molecule has 0 fully saturated rings. The number of rotatable bonds is 2. The smallest absolute Gasteiger partial charge is 0.307 e. The minimum Gasteiger partial charge on any atom is -0.386 e. The maximum absolute atomic E-state index is 8.86. The van der Waals surface area contributed by atoms with E-state index in [2.05, 4.69) is 0 Å². The number of hydrogen-bond acceptors (Lipinski definition) is 6. The van der Waals surface area contributed by atoms with Crippen LogP contribution in [-0.2, 0) is 0 Å². The minimum atomic E-state index is -3.20. The first-order valence-corrected chi connectivity index (χ1v) is 2.83. The Kier molecular flexibility index (Phi) is 2.83. The van der Waals surface area contributed by atoms with Crippen LogP contribution in [0.25, 0.3) is 0 Å². The molecule has 11 heavy (non-hydrogen) atoms. The highest BCUT2D eigenvalue weighted by Crippen LogP contribution is 2.11. The predicted octanol–water partition coefficient (Wildman–Crippen LogP) is -2.87. The maximum Gasteiger partial charge on any atom is 0.307 e. The van der Waals surface area contributed by atoms with Crippen molar-refractivity contribution in [3.63, 3.8) is 0 Å². The molecule has 66 valence electrons. The monoisotopic (exact) mass is 164 g/mol. The second kappa shape index (κ2) is 3.05. The van der Waals surface area contributed by atoms with E-state index in [1.54, 1.807) is 0 Å². The van der Waals surface area contributed by atoms with E-state index in [4.69, 9.17) is 31.9 Å². The fourth-order valence-electron chi connectivity index (χ4n) is 0.448. The minimum absolute atomic E-state index is 0.0995. The summed E-state index contributed by atoms with van der Waals surface area (Å²) in [6, 6.07) is 0. The van der Waals surface area contributed by atoms with Gasteiger partial charge >= 0.3 is 5.97 Å². The lowest BCUT2D eigenvalue weighted by molar-refractivity contribution is -0.347. The Hall–Kier alpha value is -0.820. The summed E-state index contributed by atoms with van der Waals surface area (Å²) in [7, 11) is 0. The Balaban J connectivity index is 4.52. The first-order valence-electron chi connectivity index (χ1n) is 2.83. The van der Waals surface area contributed by atoms with Gasteiger partial charge in [0.15, 0.2) is 6.10 Å². The van der Waals surface area contributed by atoms with Crippen molar-refractivity contribution in [1.29, 1.82) is 0 Å². The molecule has 0 aromatic rings. The van der Waals surface area contributed by atoms with E-state index in [9.17, 15) is 0 Å². The topological polar surface area (TPSA) is 133 Å². The van der Waals surface area contributed by atoms with Crippen molar-refractivity contribution in [3.05, 3.63) is 11.4 Å². The van der Waals surface area contributed by atoms with Crippen LogP contribution in [0, 0.1) is 0 Å². The van der Waals surface area contributed by atoms with E-state index >= 15 is 0 Å². The highest BCUT2D eigenvalue weighted by atomic mass is 16.7. The Morgan fingerprint density at radius 1 is 1.27 bits per heavy atom. The van der Waals surface area contributed by atoms with E-state index in [0.717, 1.165) is 0 Å². The third-order valence-corrected chi connectivity index (χ3v) is 1.23. The normalized spacial score (nSPS) is 14.3. The van der Waals surface area contributed by atoms with E-state index in [0.29, 0.717) is 0 Å². The summed E-state index contributed by atoms with van der Waals surface area (Å²) < 4.78 is 0. The van der Waals surface area contributed by atoms with Gasteiger partial charge in [-0.05, 0) is 6.92 Å². The van der Waals surface area contributed by atoms with Gasteiger partial charge in [-0.3, -0.25) is 0 Å². The Labute approximate surface area is 63.4 Å². The van der Waals surface area contributed by atoms with Gasteiger partial charge in [0.2, 0.25) is 0 Å². The first kappa shape index (κ1) is 10.2. The quantitative estimate of drug-likeness (QED) is 0.243. The molecule has 1 unspecified atom stereocenters. The van der Waals surface area contributed by atoms with Crippen molar-refractivity contribution < 1.29 is 20.4 Å². The van der Waals surface area contributed by atoms with Crippen molar-refractivity contribution in [2.75, 3.05) is 0 Å². The highest BCUT2D eigenvalue weighted by Gasteiger charge is 2.32. The number of hydrogen-bond donors (Lipinski definition) is 6. The standard InChI is InChI=1S/C5H12N2O4/c1-2(4(6)7)3(8)5(9,10)11/h3,8-11H,6-7H2,1H3. The van der Waals surface area contributed by atoms with Crippen LogP contribution in [0.1, 0.15) is 6.92 Å². The van der Waals surface area contributed by atoms with Gasteiger partial charge in [0.1, 0.15) is 0 Å². The molecule has 6 nitrogen and oxygen atoms in total. The summed E-state index contributed by atoms with van der Waals surface area (Å²) in [5.41, 5.74) is 9.90. The second-order valence-corrected chi connectivity index (χ2v) is 2.23. The Bertz CT molecular complexity index is 168. The zero-order valence-corrected chi connectivity index (χ0v) is 6.02. The van der Waals surface area contributed by atoms with Crippen LogP contribution in [0.15, 0.2) is 11.4 Å². The second-order valence-electron chi connectivity index (χ2n) is 2.23. The molecule has 0 saturated carbocycles. The first-order chi connectivity index (χ1) is 4.76. The number of aliphatic hydroxyl groups excluding tert-OH is 1. The molecule has 0 radical (unpaired) electrons. The zero-order valence-electron chi connectivity index (χ0n) is 6.02. The molecule has 0 saturated heterocycles. The molecule has 8 N–H and O–H groups in total. The summed E-state index contributed by atoms with van der Waals surface area (Å²) >= 11 is 0. The molecule has 6 heteroatoms. The molecule has 0 aliphatic rings. The third kappa shape index (κ3) is 2.72. The fraction of sp³-hybridized carbons (Fsp3) is 0.600. The molecule has 1 atom stereocenters. The SMILES string of the molecule is CC(=C(N)N)C(O)C(O)(O)O. The summed E-state index contributed by atoms with van der Waals surface area (Å²) in [5, 5.41) is 34.1. The van der Waals surface area contributed by atoms with Gasteiger partial charge in [-0.1, -0.05) is 0 Å². The molecule has 0 aliphatic heterocycles. The zero-order chi connectivity index (χ0) is 9.23. The summed E-state index contributed by atoms with van der Waals surface area (Å²) in [6.45, 7) is 1.26. The molecule has 0 aromatic carbocycles. The molecular formula is C5H12N2O4. The lowest BCUT2D eigenvalue weighted by Crippen LogP contribution is -2.43. The molecule has 0 aromatic heterocycles. The van der Waals surface area contributed by atoms with Gasteiger partial charge in [-0.25, -0.2) is 0 Å². The summed E-state index contributed by atoms with van der Waals surface area (Å²) in [6.07, 6.45) is -1.90. The Morgan fingerprint density at radius 3 is 1.73 bits per heavy atom. The van der Waals surface area contributed by atoms with Crippen LogP contribution in [0.4, 0.5) is 0 Å². The summed E-state index contributed by atoms with van der Waals surface area (Å²) in [5.74, 6) is -3.47. The van der Waals surface area contributed by atoms with E-state index < -0.39 is 12.1 Å². The Morgan fingerprint density at radius 2 is 1.64 bits per heavy atom. The van der Waals surface area contributed by atoms with Gasteiger partial charge in [0.25, 0.3) is 0 Å². The molecule has 0 rings (SSSR count). The van der Waals surface area contributed by atoms with Gasteiger partial charge in [0, 0.05) is 5.57 Å². The number of aliphatic hydroxyl groups is 4. The van der Waals surface area contributed by atoms with E-state index in [1.165, 1.54) is 6.92 Å². The third-order valence-electron chi connectivity index (χ3n) is 1.23. The lowest BCUT2D eigenvalue weighted by atomic mass is 10.1. The largest absolute Gasteiger partial charge is 0.386 e. The van der Waals surface area contributed by atoms with Crippen LogP contribution in [0.2, 0.25) is 0 Å². The van der Waals surface area contributed by atoms with Crippen LogP contribution in [-0.4, -0.2) is 32.5 Å². The van der Waals surface area contributed by atoms with Gasteiger partial charge in [-0.2, -0.15) is 0 Å². The lowest BCUT2D eigenvalue weighted by Gasteiger charge is -2.21. The summed E-state index contributed by atoms with van der Waals surface area (Å²) in [4.78, 5) is 0. The molecule has 0 aliphatic carbocycles. The van der Waals surface area contributed by atoms with Crippen molar-refractivity contribution in [3.8, 4) is 0 Å². The van der Waals surface area contributed by atoms with E-state index in [-0.39, 0.29) is 11.4 Å². The maximum atomic E-state index is 8.86. The van der Waals surface area contributed by atoms with E-state index in [1.807, 2.05) is 0 Å². The molecule has 0 bridgehead atoms. The number of nitrogens with two attached hydrogens (primary N) is 2.